The summed E-state index contributed by atoms with van der Waals surface area (Å²) >= 11 is 7.41. The van der Waals surface area contributed by atoms with Gasteiger partial charge in [-0.25, -0.2) is 4.98 Å². The molecule has 0 bridgehead atoms. The van der Waals surface area contributed by atoms with E-state index in [0.29, 0.717) is 33.6 Å². The maximum atomic E-state index is 12.8. The SMILES string of the molecule is Cc1nc(-c2cccc(Cl)c2)sc1C(=O)Nc1cccc(OCc2cccnc2)c1. The second-order valence-electron chi connectivity index (χ2n) is 6.58. The summed E-state index contributed by atoms with van der Waals surface area (Å²) in [6.45, 7) is 2.23. The van der Waals surface area contributed by atoms with Gasteiger partial charge in [-0.05, 0) is 37.3 Å². The van der Waals surface area contributed by atoms with Crippen LogP contribution in [0.4, 0.5) is 5.69 Å². The number of benzene rings is 2. The fraction of sp³-hybridized carbons (Fsp3) is 0.0870. The van der Waals surface area contributed by atoms with Gasteiger partial charge in [-0.15, -0.1) is 11.3 Å². The molecule has 0 spiro atoms. The van der Waals surface area contributed by atoms with E-state index in [0.717, 1.165) is 16.1 Å². The normalized spacial score (nSPS) is 10.6. The first kappa shape index (κ1) is 20.1. The number of hydrogen-bond acceptors (Lipinski definition) is 5. The van der Waals surface area contributed by atoms with E-state index in [9.17, 15) is 4.79 Å². The van der Waals surface area contributed by atoms with Crippen molar-refractivity contribution in [2.75, 3.05) is 5.32 Å². The zero-order chi connectivity index (χ0) is 20.9. The number of anilines is 1. The largest absolute Gasteiger partial charge is 0.489 e. The predicted molar refractivity (Wildman–Crippen MR) is 120 cm³/mol. The average Bonchev–Trinajstić information content (AvgIpc) is 3.15. The van der Waals surface area contributed by atoms with E-state index >= 15 is 0 Å². The van der Waals surface area contributed by atoms with Crippen molar-refractivity contribution in [1.29, 1.82) is 0 Å². The third kappa shape index (κ3) is 4.84. The van der Waals surface area contributed by atoms with E-state index in [1.54, 1.807) is 18.5 Å². The molecule has 0 fully saturated rings. The third-order valence-electron chi connectivity index (χ3n) is 4.29. The van der Waals surface area contributed by atoms with E-state index in [-0.39, 0.29) is 5.91 Å². The Balaban J connectivity index is 1.46. The number of rotatable bonds is 6. The molecule has 1 amide bonds. The molecule has 0 radical (unpaired) electrons. The quantitative estimate of drug-likeness (QED) is 0.403. The minimum absolute atomic E-state index is 0.206. The van der Waals surface area contributed by atoms with Crippen molar-refractivity contribution in [2.24, 2.45) is 0 Å². The third-order valence-corrected chi connectivity index (χ3v) is 5.73. The minimum Gasteiger partial charge on any atom is -0.489 e. The highest BCUT2D eigenvalue weighted by Crippen LogP contribution is 2.30. The summed E-state index contributed by atoms with van der Waals surface area (Å²) in [4.78, 5) is 22.0. The maximum Gasteiger partial charge on any atom is 0.267 e. The number of carbonyl (C=O) groups is 1. The molecule has 30 heavy (non-hydrogen) atoms. The highest BCUT2D eigenvalue weighted by molar-refractivity contribution is 7.17. The first-order chi connectivity index (χ1) is 14.6. The number of hydrogen-bond donors (Lipinski definition) is 1. The Hall–Kier alpha value is -3.22. The minimum atomic E-state index is -0.206. The van der Waals surface area contributed by atoms with Crippen LogP contribution in [0.3, 0.4) is 0 Å². The Morgan fingerprint density at radius 2 is 2.00 bits per heavy atom. The summed E-state index contributed by atoms with van der Waals surface area (Å²) < 4.78 is 5.80. The topological polar surface area (TPSA) is 64.1 Å². The summed E-state index contributed by atoms with van der Waals surface area (Å²) in [6.07, 6.45) is 3.48. The number of nitrogens with one attached hydrogen (secondary N) is 1. The smallest absolute Gasteiger partial charge is 0.267 e. The first-order valence-electron chi connectivity index (χ1n) is 9.25. The molecular weight excluding hydrogens is 418 g/mol. The summed E-state index contributed by atoms with van der Waals surface area (Å²) in [7, 11) is 0. The van der Waals surface area contributed by atoms with Crippen LogP contribution in [0.1, 0.15) is 20.9 Å². The zero-order valence-corrected chi connectivity index (χ0v) is 17.7. The second kappa shape index (κ2) is 9.07. The summed E-state index contributed by atoms with van der Waals surface area (Å²) in [5.41, 5.74) is 3.19. The van der Waals surface area contributed by atoms with E-state index in [1.165, 1.54) is 11.3 Å². The van der Waals surface area contributed by atoms with Crippen molar-refractivity contribution >= 4 is 34.5 Å². The van der Waals surface area contributed by atoms with E-state index in [4.69, 9.17) is 16.3 Å². The van der Waals surface area contributed by atoms with E-state index < -0.39 is 0 Å². The van der Waals surface area contributed by atoms with Crippen molar-refractivity contribution in [1.82, 2.24) is 9.97 Å². The molecule has 2 heterocycles. The first-order valence-corrected chi connectivity index (χ1v) is 10.4. The molecule has 1 N–H and O–H groups in total. The van der Waals surface area contributed by atoms with Gasteiger partial charge in [0.05, 0.1) is 5.69 Å². The van der Waals surface area contributed by atoms with Gasteiger partial charge in [0.15, 0.2) is 0 Å². The Labute approximate surface area is 183 Å². The number of thiazole rings is 1. The highest BCUT2D eigenvalue weighted by atomic mass is 35.5. The molecule has 0 saturated carbocycles. The lowest BCUT2D eigenvalue weighted by molar-refractivity contribution is 0.103. The van der Waals surface area contributed by atoms with Crippen molar-refractivity contribution < 1.29 is 9.53 Å². The molecule has 2 aromatic carbocycles. The molecule has 0 aliphatic carbocycles. The molecule has 0 aliphatic rings. The number of halogens is 1. The van der Waals surface area contributed by atoms with Gasteiger partial charge in [0.1, 0.15) is 22.2 Å². The van der Waals surface area contributed by atoms with Crippen LogP contribution in [0.5, 0.6) is 5.75 Å². The Kier molecular flexibility index (Phi) is 6.07. The molecule has 7 heteroatoms. The van der Waals surface area contributed by atoms with Gasteiger partial charge in [-0.3, -0.25) is 9.78 Å². The monoisotopic (exact) mass is 435 g/mol. The zero-order valence-electron chi connectivity index (χ0n) is 16.1. The van der Waals surface area contributed by atoms with Crippen LogP contribution < -0.4 is 10.1 Å². The van der Waals surface area contributed by atoms with E-state index in [2.05, 4.69) is 15.3 Å². The molecule has 2 aromatic heterocycles. The number of nitrogens with zero attached hydrogens (tertiary/aromatic N) is 2. The highest BCUT2D eigenvalue weighted by Gasteiger charge is 2.17. The van der Waals surface area contributed by atoms with Gasteiger partial charge in [0, 0.05) is 40.3 Å². The van der Waals surface area contributed by atoms with Gasteiger partial charge in [-0.2, -0.15) is 0 Å². The van der Waals surface area contributed by atoms with Crippen LogP contribution in [0.25, 0.3) is 10.6 Å². The van der Waals surface area contributed by atoms with Crippen molar-refractivity contribution in [3.63, 3.8) is 0 Å². The fourth-order valence-corrected chi connectivity index (χ4v) is 4.00. The molecular formula is C23H18ClN3O2S. The van der Waals surface area contributed by atoms with Gasteiger partial charge < -0.3 is 10.1 Å². The average molecular weight is 436 g/mol. The van der Waals surface area contributed by atoms with E-state index in [1.807, 2.05) is 61.5 Å². The number of ether oxygens (including phenoxy) is 1. The van der Waals surface area contributed by atoms with Gasteiger partial charge in [-0.1, -0.05) is 35.9 Å². The van der Waals surface area contributed by atoms with Gasteiger partial charge >= 0.3 is 0 Å². The van der Waals surface area contributed by atoms with Crippen LogP contribution in [-0.4, -0.2) is 15.9 Å². The predicted octanol–water partition coefficient (Wildman–Crippen LogP) is 6.00. The van der Waals surface area contributed by atoms with Crippen LogP contribution in [0, 0.1) is 6.92 Å². The van der Waals surface area contributed by atoms with Crippen molar-refractivity contribution in [3.05, 3.63) is 94.2 Å². The van der Waals surface area contributed by atoms with Crippen LogP contribution in [-0.2, 0) is 6.61 Å². The number of pyridine rings is 1. The molecule has 0 unspecified atom stereocenters. The Morgan fingerprint density at radius 3 is 2.80 bits per heavy atom. The van der Waals surface area contributed by atoms with Crippen LogP contribution in [0.2, 0.25) is 5.02 Å². The summed E-state index contributed by atoms with van der Waals surface area (Å²) in [5.74, 6) is 0.458. The number of aryl methyl sites for hydroxylation is 1. The van der Waals surface area contributed by atoms with Gasteiger partial charge in [0.2, 0.25) is 0 Å². The van der Waals surface area contributed by atoms with Crippen LogP contribution in [0.15, 0.2) is 73.1 Å². The van der Waals surface area contributed by atoms with Crippen LogP contribution >= 0.6 is 22.9 Å². The molecule has 4 aromatic rings. The summed E-state index contributed by atoms with van der Waals surface area (Å²) in [6, 6.07) is 18.6. The fourth-order valence-electron chi connectivity index (χ4n) is 2.85. The van der Waals surface area contributed by atoms with Gasteiger partial charge in [0.25, 0.3) is 5.91 Å². The molecule has 150 valence electrons. The lowest BCUT2D eigenvalue weighted by Gasteiger charge is -2.09. The lowest BCUT2D eigenvalue weighted by atomic mass is 10.2. The Morgan fingerprint density at radius 1 is 1.13 bits per heavy atom. The van der Waals surface area contributed by atoms with Crippen molar-refractivity contribution in [3.8, 4) is 16.3 Å². The molecule has 5 nitrogen and oxygen atoms in total. The standard InChI is InChI=1S/C23H18ClN3O2S/c1-15-21(30-23(26-15)17-6-2-7-18(24)11-17)22(28)27-19-8-3-9-20(12-19)29-14-16-5-4-10-25-13-16/h2-13H,14H2,1H3,(H,27,28). The second-order valence-corrected chi connectivity index (χ2v) is 8.01. The number of carbonyl (C=O) groups excluding carboxylic acids is 1. The Bertz CT molecular complexity index is 1180. The number of amides is 1. The maximum absolute atomic E-state index is 12.8. The van der Waals surface area contributed by atoms with Crippen molar-refractivity contribution in [2.45, 2.75) is 13.5 Å². The summed E-state index contributed by atoms with van der Waals surface area (Å²) in [5, 5.41) is 4.32. The lowest BCUT2D eigenvalue weighted by Crippen LogP contribution is -2.11. The molecule has 0 atom stereocenters. The number of aromatic nitrogens is 2. The molecule has 0 saturated heterocycles. The molecule has 0 aliphatic heterocycles. The molecule has 4 rings (SSSR count).